The molecule has 0 radical (unpaired) electrons. The van der Waals surface area contributed by atoms with Crippen molar-refractivity contribution in [3.63, 3.8) is 0 Å². The fourth-order valence-corrected chi connectivity index (χ4v) is 4.35. The highest BCUT2D eigenvalue weighted by atomic mass is 16.3. The standard InChI is InChI=1S/C20H20O/c1-4-20(3)10-13-7-16-15-6-12-5-11(2)14(12)8-18(15)21-19(16)9-17(13)20/h6-9,11H,4-5,10H2,1-3H3. The summed E-state index contributed by atoms with van der Waals surface area (Å²) < 4.78 is 6.18. The van der Waals surface area contributed by atoms with Crippen LogP contribution in [0.5, 0.6) is 0 Å². The summed E-state index contributed by atoms with van der Waals surface area (Å²) in [5.41, 5.74) is 8.51. The molecule has 2 aromatic carbocycles. The SMILES string of the molecule is CCC1(C)Cc2cc3c(cc21)oc1cc2c(cc13)CC2C. The Kier molecular flexibility index (Phi) is 1.99. The number of hydrogen-bond donors (Lipinski definition) is 0. The van der Waals surface area contributed by atoms with Crippen LogP contribution < -0.4 is 0 Å². The Bertz CT molecular complexity index is 915. The molecule has 2 unspecified atom stereocenters. The maximum Gasteiger partial charge on any atom is 0.135 e. The maximum atomic E-state index is 6.18. The second-order valence-electron chi connectivity index (χ2n) is 7.35. The van der Waals surface area contributed by atoms with E-state index in [1.165, 1.54) is 52.3 Å². The summed E-state index contributed by atoms with van der Waals surface area (Å²) in [5, 5.41) is 2.62. The summed E-state index contributed by atoms with van der Waals surface area (Å²) in [7, 11) is 0. The first kappa shape index (κ1) is 11.9. The van der Waals surface area contributed by atoms with Crippen molar-refractivity contribution in [1.82, 2.24) is 0 Å². The molecule has 1 aromatic heterocycles. The summed E-state index contributed by atoms with van der Waals surface area (Å²) in [6.45, 7) is 6.96. The van der Waals surface area contributed by atoms with Crippen LogP contribution in [0, 0.1) is 0 Å². The van der Waals surface area contributed by atoms with E-state index in [-0.39, 0.29) is 0 Å². The van der Waals surface area contributed by atoms with Crippen molar-refractivity contribution >= 4 is 21.9 Å². The van der Waals surface area contributed by atoms with E-state index in [4.69, 9.17) is 4.42 Å². The van der Waals surface area contributed by atoms with E-state index in [0.717, 1.165) is 11.2 Å². The van der Waals surface area contributed by atoms with Crippen molar-refractivity contribution in [1.29, 1.82) is 0 Å². The van der Waals surface area contributed by atoms with Gasteiger partial charge in [0.15, 0.2) is 0 Å². The van der Waals surface area contributed by atoms with Crippen molar-refractivity contribution < 1.29 is 4.42 Å². The molecule has 1 nitrogen and oxygen atoms in total. The molecule has 0 aliphatic heterocycles. The number of rotatable bonds is 1. The number of benzene rings is 2. The summed E-state index contributed by atoms with van der Waals surface area (Å²) in [6.07, 6.45) is 3.64. The topological polar surface area (TPSA) is 13.1 Å². The zero-order valence-electron chi connectivity index (χ0n) is 12.9. The van der Waals surface area contributed by atoms with Crippen LogP contribution in [0.4, 0.5) is 0 Å². The van der Waals surface area contributed by atoms with Gasteiger partial charge in [-0.25, -0.2) is 0 Å². The summed E-state index contributed by atoms with van der Waals surface area (Å²) in [6, 6.07) is 9.32. The molecule has 1 heteroatoms. The molecule has 0 amide bonds. The molecule has 0 saturated carbocycles. The van der Waals surface area contributed by atoms with Gasteiger partial charge in [0.1, 0.15) is 11.2 Å². The second kappa shape index (κ2) is 3.52. The van der Waals surface area contributed by atoms with Crippen LogP contribution in [-0.4, -0.2) is 0 Å². The average Bonchev–Trinajstić information content (AvgIpc) is 2.81. The van der Waals surface area contributed by atoms with Crippen molar-refractivity contribution in [3.05, 3.63) is 46.5 Å². The molecule has 1 heterocycles. The molecule has 0 fully saturated rings. The highest BCUT2D eigenvalue weighted by Crippen LogP contribution is 2.47. The van der Waals surface area contributed by atoms with Gasteiger partial charge in [0.05, 0.1) is 0 Å². The normalized spacial score (nSPS) is 26.3. The third kappa shape index (κ3) is 1.33. The molecular formula is C20H20O. The molecule has 106 valence electrons. The first-order valence-corrected chi connectivity index (χ1v) is 8.11. The Morgan fingerprint density at radius 2 is 1.81 bits per heavy atom. The van der Waals surface area contributed by atoms with E-state index in [9.17, 15) is 0 Å². The van der Waals surface area contributed by atoms with Gasteiger partial charge in [0.2, 0.25) is 0 Å². The highest BCUT2D eigenvalue weighted by Gasteiger charge is 2.37. The fourth-order valence-electron chi connectivity index (χ4n) is 4.35. The molecular weight excluding hydrogens is 256 g/mol. The van der Waals surface area contributed by atoms with Crippen molar-refractivity contribution in [2.75, 3.05) is 0 Å². The lowest BCUT2D eigenvalue weighted by Gasteiger charge is -2.40. The van der Waals surface area contributed by atoms with Gasteiger partial charge >= 0.3 is 0 Å². The molecule has 2 atom stereocenters. The van der Waals surface area contributed by atoms with Crippen LogP contribution in [0.25, 0.3) is 21.9 Å². The van der Waals surface area contributed by atoms with E-state index in [1.54, 1.807) is 0 Å². The minimum Gasteiger partial charge on any atom is -0.456 e. The fraction of sp³-hybridized carbons (Fsp3) is 0.400. The van der Waals surface area contributed by atoms with Gasteiger partial charge in [-0.05, 0) is 77.1 Å². The molecule has 21 heavy (non-hydrogen) atoms. The van der Waals surface area contributed by atoms with Gasteiger partial charge in [-0.1, -0.05) is 20.8 Å². The van der Waals surface area contributed by atoms with Crippen LogP contribution in [0.1, 0.15) is 55.4 Å². The van der Waals surface area contributed by atoms with E-state index < -0.39 is 0 Å². The highest BCUT2D eigenvalue weighted by molar-refractivity contribution is 6.06. The Morgan fingerprint density at radius 3 is 2.52 bits per heavy atom. The first-order valence-electron chi connectivity index (χ1n) is 8.11. The van der Waals surface area contributed by atoms with Gasteiger partial charge in [-0.15, -0.1) is 0 Å². The molecule has 0 spiro atoms. The van der Waals surface area contributed by atoms with Crippen molar-refractivity contribution in [3.8, 4) is 0 Å². The largest absolute Gasteiger partial charge is 0.456 e. The summed E-state index contributed by atoms with van der Waals surface area (Å²) in [5.74, 6) is 0.697. The zero-order chi connectivity index (χ0) is 14.4. The Labute approximate surface area is 124 Å². The van der Waals surface area contributed by atoms with Crippen LogP contribution >= 0.6 is 0 Å². The maximum absolute atomic E-state index is 6.18. The number of hydrogen-bond acceptors (Lipinski definition) is 1. The third-order valence-electron chi connectivity index (χ3n) is 6.03. The zero-order valence-corrected chi connectivity index (χ0v) is 12.9. The van der Waals surface area contributed by atoms with Crippen molar-refractivity contribution in [2.24, 2.45) is 0 Å². The minimum absolute atomic E-state index is 0.362. The molecule has 2 aliphatic rings. The molecule has 3 aromatic rings. The van der Waals surface area contributed by atoms with Crippen LogP contribution in [0.15, 0.2) is 28.7 Å². The lowest BCUT2D eigenvalue weighted by Crippen LogP contribution is -2.34. The van der Waals surface area contributed by atoms with E-state index in [1.807, 2.05) is 0 Å². The van der Waals surface area contributed by atoms with E-state index >= 15 is 0 Å². The van der Waals surface area contributed by atoms with Crippen molar-refractivity contribution in [2.45, 2.75) is 51.4 Å². The van der Waals surface area contributed by atoms with Gasteiger partial charge in [0.25, 0.3) is 0 Å². The Balaban J connectivity index is 1.80. The lowest BCUT2D eigenvalue weighted by molar-refractivity contribution is 0.395. The Morgan fingerprint density at radius 1 is 1.10 bits per heavy atom. The van der Waals surface area contributed by atoms with Crippen LogP contribution in [0.2, 0.25) is 0 Å². The second-order valence-corrected chi connectivity index (χ2v) is 7.35. The predicted octanol–water partition coefficient (Wildman–Crippen LogP) is 5.47. The number of furan rings is 1. The molecule has 0 saturated heterocycles. The summed E-state index contributed by atoms with van der Waals surface area (Å²) in [4.78, 5) is 0. The van der Waals surface area contributed by atoms with E-state index in [2.05, 4.69) is 45.0 Å². The third-order valence-corrected chi connectivity index (χ3v) is 6.03. The lowest BCUT2D eigenvalue weighted by atomic mass is 9.63. The van der Waals surface area contributed by atoms with Gasteiger partial charge in [-0.3, -0.25) is 0 Å². The van der Waals surface area contributed by atoms with Gasteiger partial charge in [-0.2, -0.15) is 0 Å². The van der Waals surface area contributed by atoms with Gasteiger partial charge in [0, 0.05) is 10.8 Å². The number of fused-ring (bicyclic) bond motifs is 5. The monoisotopic (exact) mass is 276 g/mol. The van der Waals surface area contributed by atoms with Crippen LogP contribution in [-0.2, 0) is 18.3 Å². The first-order chi connectivity index (χ1) is 10.1. The molecule has 0 N–H and O–H groups in total. The molecule has 2 aliphatic carbocycles. The van der Waals surface area contributed by atoms with Gasteiger partial charge < -0.3 is 4.42 Å². The molecule has 5 rings (SSSR count). The molecule has 0 bridgehead atoms. The average molecular weight is 276 g/mol. The predicted molar refractivity (Wildman–Crippen MR) is 87.2 cm³/mol. The summed E-state index contributed by atoms with van der Waals surface area (Å²) >= 11 is 0. The minimum atomic E-state index is 0.362. The quantitative estimate of drug-likeness (QED) is 0.574. The Hall–Kier alpha value is -1.76. The van der Waals surface area contributed by atoms with E-state index in [0.29, 0.717) is 11.3 Å². The smallest absolute Gasteiger partial charge is 0.135 e. The van der Waals surface area contributed by atoms with Crippen LogP contribution in [0.3, 0.4) is 0 Å².